The zero-order valence-electron chi connectivity index (χ0n) is 10.8. The van der Waals surface area contributed by atoms with Gasteiger partial charge in [0, 0.05) is 21.2 Å². The summed E-state index contributed by atoms with van der Waals surface area (Å²) in [4.78, 5) is 1.51. The van der Waals surface area contributed by atoms with Crippen molar-refractivity contribution in [3.05, 3.63) is 70.6 Å². The lowest BCUT2D eigenvalue weighted by atomic mass is 9.86. The van der Waals surface area contributed by atoms with Gasteiger partial charge in [-0.25, -0.2) is 0 Å². The van der Waals surface area contributed by atoms with Crippen LogP contribution in [0.25, 0.3) is 16.2 Å². The van der Waals surface area contributed by atoms with E-state index in [0.717, 1.165) is 0 Å². The second-order valence-corrected chi connectivity index (χ2v) is 6.55. The van der Waals surface area contributed by atoms with Gasteiger partial charge in [0.05, 0.1) is 6.04 Å². The SMILES string of the molecule is C1=CC2Nc3ccccc3C2c2sc3ccccc3c21. The summed E-state index contributed by atoms with van der Waals surface area (Å²) in [7, 11) is 0. The maximum atomic E-state index is 3.64. The molecule has 1 nitrogen and oxygen atoms in total. The van der Waals surface area contributed by atoms with E-state index < -0.39 is 0 Å². The topological polar surface area (TPSA) is 12.0 Å². The molecule has 5 rings (SSSR count). The number of hydrogen-bond donors (Lipinski definition) is 1. The van der Waals surface area contributed by atoms with Gasteiger partial charge in [0.25, 0.3) is 0 Å². The minimum absolute atomic E-state index is 0.410. The molecule has 1 aliphatic heterocycles. The number of rotatable bonds is 0. The van der Waals surface area contributed by atoms with E-state index in [-0.39, 0.29) is 0 Å². The molecule has 1 aromatic heterocycles. The van der Waals surface area contributed by atoms with E-state index in [4.69, 9.17) is 0 Å². The van der Waals surface area contributed by atoms with Crippen molar-refractivity contribution in [2.75, 3.05) is 5.32 Å². The predicted molar refractivity (Wildman–Crippen MR) is 86.6 cm³/mol. The van der Waals surface area contributed by atoms with Crippen LogP contribution in [0.1, 0.15) is 21.9 Å². The Morgan fingerprint density at radius 2 is 1.80 bits per heavy atom. The highest BCUT2D eigenvalue weighted by Gasteiger charge is 2.36. The summed E-state index contributed by atoms with van der Waals surface area (Å²) >= 11 is 1.95. The van der Waals surface area contributed by atoms with Gasteiger partial charge in [-0.15, -0.1) is 11.3 Å². The van der Waals surface area contributed by atoms with Crippen molar-refractivity contribution in [2.24, 2.45) is 0 Å². The minimum atomic E-state index is 0.410. The van der Waals surface area contributed by atoms with E-state index in [2.05, 4.69) is 66.0 Å². The van der Waals surface area contributed by atoms with Crippen LogP contribution in [0, 0.1) is 0 Å². The van der Waals surface area contributed by atoms with Crippen molar-refractivity contribution in [3.63, 3.8) is 0 Å². The average Bonchev–Trinajstić information content (AvgIpc) is 3.04. The van der Waals surface area contributed by atoms with Gasteiger partial charge in [0.15, 0.2) is 0 Å². The quantitative estimate of drug-likeness (QED) is 0.618. The zero-order chi connectivity index (χ0) is 13.1. The Hall–Kier alpha value is -2.06. The van der Waals surface area contributed by atoms with Crippen molar-refractivity contribution in [3.8, 4) is 0 Å². The van der Waals surface area contributed by atoms with Crippen LogP contribution in [0.15, 0.2) is 54.6 Å². The molecule has 0 bridgehead atoms. The normalized spacial score (nSPS) is 22.2. The highest BCUT2D eigenvalue weighted by atomic mass is 32.1. The van der Waals surface area contributed by atoms with E-state index >= 15 is 0 Å². The van der Waals surface area contributed by atoms with Crippen LogP contribution >= 0.6 is 11.3 Å². The largest absolute Gasteiger partial charge is 0.378 e. The van der Waals surface area contributed by atoms with Crippen LogP contribution in [0.2, 0.25) is 0 Å². The molecular weight excluding hydrogens is 262 g/mol. The maximum Gasteiger partial charge on any atom is 0.0566 e. The van der Waals surface area contributed by atoms with Crippen LogP contribution < -0.4 is 5.32 Å². The molecule has 2 unspecified atom stereocenters. The lowest BCUT2D eigenvalue weighted by molar-refractivity contribution is 0.795. The fourth-order valence-electron chi connectivity index (χ4n) is 3.51. The van der Waals surface area contributed by atoms with Crippen molar-refractivity contribution in [1.82, 2.24) is 0 Å². The summed E-state index contributed by atoms with van der Waals surface area (Å²) in [6.45, 7) is 0. The Labute approximate surface area is 121 Å². The smallest absolute Gasteiger partial charge is 0.0566 e. The number of nitrogens with one attached hydrogen (secondary N) is 1. The molecule has 2 aliphatic rings. The van der Waals surface area contributed by atoms with E-state index in [9.17, 15) is 0 Å². The van der Waals surface area contributed by atoms with E-state index in [1.807, 2.05) is 11.3 Å². The Balaban J connectivity index is 1.82. The number of thiophene rings is 1. The van der Waals surface area contributed by atoms with Crippen LogP contribution in [0.3, 0.4) is 0 Å². The summed E-state index contributed by atoms with van der Waals surface area (Å²) in [6, 6.07) is 17.9. The first-order chi connectivity index (χ1) is 9.92. The second-order valence-electron chi connectivity index (χ2n) is 5.47. The summed E-state index contributed by atoms with van der Waals surface area (Å²) in [5, 5.41) is 5.04. The minimum Gasteiger partial charge on any atom is -0.378 e. The van der Waals surface area contributed by atoms with Gasteiger partial charge in [-0.2, -0.15) is 0 Å². The number of anilines is 1. The Morgan fingerprint density at radius 3 is 2.80 bits per heavy atom. The number of fused-ring (bicyclic) bond motifs is 7. The molecule has 96 valence electrons. The summed E-state index contributed by atoms with van der Waals surface area (Å²) in [5.41, 5.74) is 4.15. The lowest BCUT2D eigenvalue weighted by Gasteiger charge is -2.21. The third-order valence-corrected chi connectivity index (χ3v) is 5.66. The van der Waals surface area contributed by atoms with E-state index in [1.165, 1.54) is 31.8 Å². The van der Waals surface area contributed by atoms with Gasteiger partial charge in [0.1, 0.15) is 0 Å². The van der Waals surface area contributed by atoms with Crippen LogP contribution in [-0.4, -0.2) is 6.04 Å². The summed E-state index contributed by atoms with van der Waals surface area (Å²) < 4.78 is 1.40. The lowest BCUT2D eigenvalue weighted by Crippen LogP contribution is -2.20. The second kappa shape index (κ2) is 3.74. The number of benzene rings is 2. The van der Waals surface area contributed by atoms with Crippen molar-refractivity contribution < 1.29 is 0 Å². The molecule has 1 N–H and O–H groups in total. The molecule has 2 atom stereocenters. The van der Waals surface area contributed by atoms with Crippen LogP contribution in [0.5, 0.6) is 0 Å². The zero-order valence-corrected chi connectivity index (χ0v) is 11.7. The molecule has 2 aromatic carbocycles. The molecule has 0 saturated carbocycles. The first kappa shape index (κ1) is 10.7. The molecule has 1 aliphatic carbocycles. The standard InChI is InChI=1S/C18H13NS/c1-3-7-14-13(6-1)17-15(19-14)10-9-12-11-5-2-4-8-16(11)20-18(12)17/h1-10,15,17,19H. The molecule has 3 aromatic rings. The Kier molecular flexibility index (Phi) is 2.00. The highest BCUT2D eigenvalue weighted by molar-refractivity contribution is 7.19. The summed E-state index contributed by atoms with van der Waals surface area (Å²) in [6.07, 6.45) is 4.63. The summed E-state index contributed by atoms with van der Waals surface area (Å²) in [5.74, 6) is 0.476. The van der Waals surface area contributed by atoms with Gasteiger partial charge in [-0.3, -0.25) is 0 Å². The number of hydrogen-bond acceptors (Lipinski definition) is 2. The average molecular weight is 275 g/mol. The van der Waals surface area contributed by atoms with E-state index in [1.54, 1.807) is 0 Å². The molecule has 0 fully saturated rings. The fourth-order valence-corrected chi connectivity index (χ4v) is 4.87. The molecule has 0 radical (unpaired) electrons. The molecule has 2 heteroatoms. The van der Waals surface area contributed by atoms with Gasteiger partial charge < -0.3 is 5.32 Å². The van der Waals surface area contributed by atoms with Crippen molar-refractivity contribution in [1.29, 1.82) is 0 Å². The van der Waals surface area contributed by atoms with Crippen molar-refractivity contribution >= 4 is 33.2 Å². The Morgan fingerprint density at radius 1 is 0.950 bits per heavy atom. The third kappa shape index (κ3) is 1.27. The fraction of sp³-hybridized carbons (Fsp3) is 0.111. The first-order valence-corrected chi connectivity index (χ1v) is 7.78. The Bertz CT molecular complexity index is 859. The third-order valence-electron chi connectivity index (χ3n) is 4.39. The maximum absolute atomic E-state index is 3.64. The monoisotopic (exact) mass is 275 g/mol. The molecule has 0 saturated heterocycles. The molecule has 0 spiro atoms. The van der Waals surface area contributed by atoms with Gasteiger partial charge in [0.2, 0.25) is 0 Å². The highest BCUT2D eigenvalue weighted by Crippen LogP contribution is 2.49. The predicted octanol–water partition coefficient (Wildman–Crippen LogP) is 4.85. The van der Waals surface area contributed by atoms with Crippen LogP contribution in [-0.2, 0) is 0 Å². The molecular formula is C18H13NS. The molecule has 20 heavy (non-hydrogen) atoms. The first-order valence-electron chi connectivity index (χ1n) is 6.97. The van der Waals surface area contributed by atoms with E-state index in [0.29, 0.717) is 12.0 Å². The van der Waals surface area contributed by atoms with Gasteiger partial charge >= 0.3 is 0 Å². The molecule has 0 amide bonds. The van der Waals surface area contributed by atoms with Gasteiger partial charge in [-0.1, -0.05) is 48.6 Å². The van der Waals surface area contributed by atoms with Crippen molar-refractivity contribution in [2.45, 2.75) is 12.0 Å². The molecule has 2 heterocycles. The number of para-hydroxylation sites is 1. The van der Waals surface area contributed by atoms with Gasteiger partial charge in [-0.05, 0) is 28.6 Å². The van der Waals surface area contributed by atoms with Crippen LogP contribution in [0.4, 0.5) is 5.69 Å².